The molecule has 1 N–H and O–H groups in total. The lowest BCUT2D eigenvalue weighted by Crippen LogP contribution is -2.51. The zero-order valence-electron chi connectivity index (χ0n) is 15.7. The summed E-state index contributed by atoms with van der Waals surface area (Å²) in [5, 5.41) is 13.2. The van der Waals surface area contributed by atoms with Crippen LogP contribution in [0.25, 0.3) is 0 Å². The number of ether oxygens (including phenoxy) is 2. The lowest BCUT2D eigenvalue weighted by molar-refractivity contribution is -0.164. The topological polar surface area (TPSA) is 84.5 Å². The number of hydrogen-bond acceptors (Lipinski definition) is 6. The molecular formula is C19H18F4N2O5. The molecule has 0 unspecified atom stereocenters. The van der Waals surface area contributed by atoms with Gasteiger partial charge in [0.15, 0.2) is 5.76 Å². The van der Waals surface area contributed by atoms with Crippen LogP contribution >= 0.6 is 0 Å². The second-order valence-electron chi connectivity index (χ2n) is 6.32. The first-order valence-corrected chi connectivity index (χ1v) is 8.89. The molecule has 0 fully saturated rings. The van der Waals surface area contributed by atoms with Crippen molar-refractivity contribution in [3.8, 4) is 11.5 Å². The van der Waals surface area contributed by atoms with Crippen molar-refractivity contribution >= 4 is 11.6 Å². The molecule has 0 radical (unpaired) electrons. The van der Waals surface area contributed by atoms with E-state index in [1.54, 1.807) is 24.3 Å². The highest BCUT2D eigenvalue weighted by molar-refractivity contribution is 5.97. The highest BCUT2D eigenvalue weighted by Gasteiger charge is 2.53. The third-order valence-corrected chi connectivity index (χ3v) is 4.22. The van der Waals surface area contributed by atoms with Crippen LogP contribution in [0.2, 0.25) is 0 Å². The van der Waals surface area contributed by atoms with Crippen LogP contribution in [-0.4, -0.2) is 46.9 Å². The van der Waals surface area contributed by atoms with E-state index in [1.807, 2.05) is 6.92 Å². The second kappa shape index (κ2) is 8.74. The molecule has 7 nitrogen and oxygen atoms in total. The van der Waals surface area contributed by atoms with E-state index in [2.05, 4.69) is 5.10 Å². The molecule has 0 spiro atoms. The maximum absolute atomic E-state index is 13.3. The van der Waals surface area contributed by atoms with Gasteiger partial charge in [-0.2, -0.15) is 10.1 Å². The Morgan fingerprint density at radius 1 is 1.17 bits per heavy atom. The van der Waals surface area contributed by atoms with E-state index in [-0.39, 0.29) is 17.4 Å². The lowest BCUT2D eigenvalue weighted by atomic mass is 10.1. The average molecular weight is 430 g/mol. The van der Waals surface area contributed by atoms with E-state index in [0.29, 0.717) is 18.1 Å². The molecule has 2 heterocycles. The van der Waals surface area contributed by atoms with Gasteiger partial charge in [-0.25, -0.2) is 17.6 Å². The number of hydrazone groups is 1. The Bertz CT molecular complexity index is 916. The van der Waals surface area contributed by atoms with Crippen molar-refractivity contribution in [3.05, 3.63) is 47.9 Å². The molecule has 1 amide bonds. The van der Waals surface area contributed by atoms with Gasteiger partial charge in [0.1, 0.15) is 29.6 Å². The number of carbonyl (C=O) groups excluding carboxylic acids is 1. The molecule has 1 aromatic carbocycles. The Kier molecular flexibility index (Phi) is 6.30. The number of amides is 1. The van der Waals surface area contributed by atoms with Crippen LogP contribution in [0, 0.1) is 0 Å². The fraction of sp³-hybridized carbons (Fsp3) is 0.368. The van der Waals surface area contributed by atoms with Crippen molar-refractivity contribution in [2.75, 3.05) is 6.61 Å². The van der Waals surface area contributed by atoms with Gasteiger partial charge in [0.05, 0.1) is 6.61 Å². The number of carbonyl (C=O) groups is 1. The summed E-state index contributed by atoms with van der Waals surface area (Å²) < 4.78 is 68.3. The molecule has 3 rings (SSSR count). The molecule has 1 aliphatic rings. The van der Waals surface area contributed by atoms with Gasteiger partial charge in [-0.3, -0.25) is 4.79 Å². The molecule has 0 saturated carbocycles. The van der Waals surface area contributed by atoms with Gasteiger partial charge in [-0.15, -0.1) is 0 Å². The number of alkyl halides is 4. The van der Waals surface area contributed by atoms with Crippen LogP contribution in [-0.2, 0) is 6.61 Å². The van der Waals surface area contributed by atoms with Gasteiger partial charge in [0, 0.05) is 6.42 Å². The Balaban J connectivity index is 1.69. The molecule has 1 aromatic heterocycles. The van der Waals surface area contributed by atoms with Crippen LogP contribution in [0.5, 0.6) is 11.5 Å². The SMILES string of the molecule is CCOc1ccc(OCc2ccc(C(=O)N3N=C(C(F)F)C[C@@]3(O)C(F)F)o2)cc1. The zero-order valence-corrected chi connectivity index (χ0v) is 15.7. The van der Waals surface area contributed by atoms with E-state index in [0.717, 1.165) is 6.07 Å². The van der Waals surface area contributed by atoms with Crippen molar-refractivity contribution in [2.24, 2.45) is 5.10 Å². The van der Waals surface area contributed by atoms with Gasteiger partial charge in [0.2, 0.25) is 5.72 Å². The second-order valence-corrected chi connectivity index (χ2v) is 6.32. The number of halogens is 4. The molecule has 0 saturated heterocycles. The molecule has 0 aliphatic carbocycles. The van der Waals surface area contributed by atoms with Gasteiger partial charge in [0.25, 0.3) is 12.9 Å². The van der Waals surface area contributed by atoms with Crippen LogP contribution < -0.4 is 9.47 Å². The zero-order chi connectivity index (χ0) is 21.9. The summed E-state index contributed by atoms with van der Waals surface area (Å²) in [7, 11) is 0. The van der Waals surface area contributed by atoms with Crippen molar-refractivity contribution in [1.29, 1.82) is 0 Å². The third-order valence-electron chi connectivity index (χ3n) is 4.22. The summed E-state index contributed by atoms with van der Waals surface area (Å²) in [4.78, 5) is 12.5. The van der Waals surface area contributed by atoms with E-state index >= 15 is 0 Å². The molecule has 2 aromatic rings. The van der Waals surface area contributed by atoms with Crippen LogP contribution in [0.1, 0.15) is 29.7 Å². The number of furan rings is 1. The minimum absolute atomic E-state index is 0.0604. The Hall–Kier alpha value is -3.08. The summed E-state index contributed by atoms with van der Waals surface area (Å²) in [5.74, 6) is -0.415. The van der Waals surface area contributed by atoms with Gasteiger partial charge >= 0.3 is 5.91 Å². The quantitative estimate of drug-likeness (QED) is 0.646. The molecule has 30 heavy (non-hydrogen) atoms. The number of rotatable bonds is 8. The molecule has 11 heteroatoms. The molecule has 0 bridgehead atoms. The van der Waals surface area contributed by atoms with Crippen molar-refractivity contribution < 1.29 is 41.4 Å². The number of hydrogen-bond donors (Lipinski definition) is 1. The summed E-state index contributed by atoms with van der Waals surface area (Å²) >= 11 is 0. The average Bonchev–Trinajstić information content (AvgIpc) is 3.33. The van der Waals surface area contributed by atoms with Crippen LogP contribution in [0.15, 0.2) is 45.9 Å². The van der Waals surface area contributed by atoms with Crippen molar-refractivity contribution in [2.45, 2.75) is 38.5 Å². The van der Waals surface area contributed by atoms with Gasteiger partial charge in [-0.1, -0.05) is 0 Å². The first-order valence-electron chi connectivity index (χ1n) is 8.89. The summed E-state index contributed by atoms with van der Waals surface area (Å²) in [6, 6.07) is 9.24. The molecule has 1 aliphatic heterocycles. The maximum Gasteiger partial charge on any atom is 0.312 e. The smallest absolute Gasteiger partial charge is 0.312 e. The first kappa shape index (κ1) is 21.6. The molecule has 1 atom stereocenters. The normalized spacial score (nSPS) is 18.8. The first-order chi connectivity index (χ1) is 14.2. The van der Waals surface area contributed by atoms with E-state index in [4.69, 9.17) is 13.9 Å². The predicted octanol–water partition coefficient (Wildman–Crippen LogP) is 3.68. The number of benzene rings is 1. The Labute approximate surface area is 168 Å². The predicted molar refractivity (Wildman–Crippen MR) is 95.8 cm³/mol. The van der Waals surface area contributed by atoms with Gasteiger partial charge in [-0.05, 0) is 43.3 Å². The Morgan fingerprint density at radius 3 is 2.37 bits per heavy atom. The fourth-order valence-corrected chi connectivity index (χ4v) is 2.73. The van der Waals surface area contributed by atoms with Crippen molar-refractivity contribution in [1.82, 2.24) is 5.01 Å². The Morgan fingerprint density at radius 2 is 1.80 bits per heavy atom. The maximum atomic E-state index is 13.3. The van der Waals surface area contributed by atoms with E-state index in [9.17, 15) is 27.5 Å². The standard InChI is InChI=1S/C19H18F4N2O5/c1-2-28-11-3-5-12(6-4-11)29-10-13-7-8-15(30-13)17(26)25-19(27,18(22)23)9-14(24-25)16(20)21/h3-8,16,18,27H,2,9-10H2,1H3/t19-/m1/s1. The van der Waals surface area contributed by atoms with Gasteiger partial charge < -0.3 is 19.0 Å². The van der Waals surface area contributed by atoms with Crippen LogP contribution in [0.4, 0.5) is 17.6 Å². The highest BCUT2D eigenvalue weighted by Crippen LogP contribution is 2.34. The fourth-order valence-electron chi connectivity index (χ4n) is 2.73. The largest absolute Gasteiger partial charge is 0.494 e. The highest BCUT2D eigenvalue weighted by atomic mass is 19.3. The summed E-state index contributed by atoms with van der Waals surface area (Å²) in [6.45, 7) is 2.28. The third kappa shape index (κ3) is 4.40. The number of nitrogens with zero attached hydrogens (tertiary/aromatic N) is 2. The minimum Gasteiger partial charge on any atom is -0.494 e. The molecule has 162 valence electrons. The van der Waals surface area contributed by atoms with Crippen molar-refractivity contribution in [3.63, 3.8) is 0 Å². The van der Waals surface area contributed by atoms with E-state index < -0.39 is 42.4 Å². The number of aliphatic hydroxyl groups is 1. The monoisotopic (exact) mass is 430 g/mol. The molecular weight excluding hydrogens is 412 g/mol. The lowest BCUT2D eigenvalue weighted by Gasteiger charge is -2.29. The summed E-state index contributed by atoms with van der Waals surface area (Å²) in [6.07, 6.45) is -7.87. The van der Waals surface area contributed by atoms with Crippen LogP contribution in [0.3, 0.4) is 0 Å². The summed E-state index contributed by atoms with van der Waals surface area (Å²) in [5.41, 5.74) is -4.19. The minimum atomic E-state index is -3.51. The van der Waals surface area contributed by atoms with E-state index in [1.165, 1.54) is 6.07 Å².